The van der Waals surface area contributed by atoms with E-state index in [1.54, 1.807) is 11.2 Å². The number of aromatic nitrogens is 3. The molecule has 3 heterocycles. The van der Waals surface area contributed by atoms with Gasteiger partial charge in [-0.25, -0.2) is 9.97 Å². The first-order valence-corrected chi connectivity index (χ1v) is 8.89. The summed E-state index contributed by atoms with van der Waals surface area (Å²) >= 11 is 0. The minimum atomic E-state index is 0.652. The Bertz CT molecular complexity index is 857. The van der Waals surface area contributed by atoms with E-state index < -0.39 is 0 Å². The summed E-state index contributed by atoms with van der Waals surface area (Å²) in [6, 6.07) is 6.04. The molecule has 3 N–H and O–H groups in total. The highest BCUT2D eigenvalue weighted by atomic mass is 16.5. The van der Waals surface area contributed by atoms with Gasteiger partial charge in [0.15, 0.2) is 5.82 Å². The van der Waals surface area contributed by atoms with E-state index in [4.69, 9.17) is 9.47 Å². The molecule has 0 amide bonds. The van der Waals surface area contributed by atoms with E-state index >= 15 is 0 Å². The number of fused-ring (bicyclic) bond motifs is 3. The molecule has 7 heteroatoms. The highest BCUT2D eigenvalue weighted by molar-refractivity contribution is 6.08. The molecule has 7 nitrogen and oxygen atoms in total. The molecule has 0 aliphatic carbocycles. The second-order valence-corrected chi connectivity index (χ2v) is 6.25. The van der Waals surface area contributed by atoms with Crippen LogP contribution in [0.1, 0.15) is 6.92 Å². The number of anilines is 1. The van der Waals surface area contributed by atoms with E-state index in [-0.39, 0.29) is 0 Å². The summed E-state index contributed by atoms with van der Waals surface area (Å²) < 4.78 is 11.0. The number of nitrogens with zero attached hydrogens (tertiary/aromatic N) is 2. The summed E-state index contributed by atoms with van der Waals surface area (Å²) in [7, 11) is 0. The number of quaternary nitrogens is 1. The van der Waals surface area contributed by atoms with Crippen molar-refractivity contribution < 1.29 is 14.4 Å². The Morgan fingerprint density at radius 2 is 2.16 bits per heavy atom. The van der Waals surface area contributed by atoms with Gasteiger partial charge in [0.05, 0.1) is 32.9 Å². The lowest BCUT2D eigenvalue weighted by Gasteiger charge is -2.23. The van der Waals surface area contributed by atoms with Crippen molar-refractivity contribution in [2.45, 2.75) is 6.92 Å². The molecular weight excluding hydrogens is 318 g/mol. The Morgan fingerprint density at radius 1 is 1.28 bits per heavy atom. The fraction of sp³-hybridized carbons (Fsp3) is 0.444. The molecule has 25 heavy (non-hydrogen) atoms. The highest BCUT2D eigenvalue weighted by Crippen LogP contribution is 2.29. The van der Waals surface area contributed by atoms with E-state index in [2.05, 4.69) is 20.3 Å². The first kappa shape index (κ1) is 16.1. The monoisotopic (exact) mass is 342 g/mol. The molecule has 4 rings (SSSR count). The molecule has 0 bridgehead atoms. The van der Waals surface area contributed by atoms with Gasteiger partial charge in [0, 0.05) is 10.9 Å². The van der Waals surface area contributed by atoms with E-state index in [1.807, 2.05) is 25.1 Å². The lowest BCUT2D eigenvalue weighted by atomic mass is 10.2. The Kier molecular flexibility index (Phi) is 4.67. The third-order valence-corrected chi connectivity index (χ3v) is 4.64. The van der Waals surface area contributed by atoms with Gasteiger partial charge < -0.3 is 24.7 Å². The van der Waals surface area contributed by atoms with Gasteiger partial charge in [-0.3, -0.25) is 0 Å². The predicted octanol–water partition coefficient (Wildman–Crippen LogP) is 0.837. The smallest absolute Gasteiger partial charge is 0.154 e. The molecule has 0 spiro atoms. The predicted molar refractivity (Wildman–Crippen MR) is 97.4 cm³/mol. The van der Waals surface area contributed by atoms with Crippen LogP contribution in [0.25, 0.3) is 21.9 Å². The molecule has 0 radical (unpaired) electrons. The Hall–Kier alpha value is -2.38. The van der Waals surface area contributed by atoms with Crippen LogP contribution in [0.5, 0.6) is 5.75 Å². The fourth-order valence-electron chi connectivity index (χ4n) is 3.33. The van der Waals surface area contributed by atoms with Crippen LogP contribution in [0.2, 0.25) is 0 Å². The average Bonchev–Trinajstić information content (AvgIpc) is 3.02. The summed E-state index contributed by atoms with van der Waals surface area (Å²) in [4.78, 5) is 13.9. The molecule has 1 aliphatic rings. The first-order chi connectivity index (χ1) is 12.3. The molecule has 132 valence electrons. The Morgan fingerprint density at radius 3 is 3.00 bits per heavy atom. The molecule has 2 aromatic heterocycles. The van der Waals surface area contributed by atoms with E-state index in [9.17, 15) is 0 Å². The van der Waals surface area contributed by atoms with E-state index in [1.165, 1.54) is 0 Å². The van der Waals surface area contributed by atoms with Crippen molar-refractivity contribution in [2.24, 2.45) is 0 Å². The molecule has 0 saturated carbocycles. The van der Waals surface area contributed by atoms with Crippen molar-refractivity contribution in [3.63, 3.8) is 0 Å². The average molecular weight is 342 g/mol. The van der Waals surface area contributed by atoms with Gasteiger partial charge in [0.1, 0.15) is 36.2 Å². The molecule has 0 unspecified atom stereocenters. The SMILES string of the molecule is CCOc1ccc2[nH]c3c(NCC[NH+]4CCOCC4)ncnc3c2c1. The van der Waals surface area contributed by atoms with Gasteiger partial charge in [-0.2, -0.15) is 0 Å². The Balaban J connectivity index is 1.55. The maximum absolute atomic E-state index is 5.61. The van der Waals surface area contributed by atoms with Crippen molar-refractivity contribution in [3.8, 4) is 5.75 Å². The highest BCUT2D eigenvalue weighted by Gasteiger charge is 2.14. The third kappa shape index (κ3) is 3.38. The van der Waals surface area contributed by atoms with Crippen LogP contribution < -0.4 is 15.0 Å². The topological polar surface area (TPSA) is 76.5 Å². The zero-order valence-corrected chi connectivity index (χ0v) is 14.5. The second kappa shape index (κ2) is 7.25. The third-order valence-electron chi connectivity index (χ3n) is 4.64. The minimum Gasteiger partial charge on any atom is -0.494 e. The summed E-state index contributed by atoms with van der Waals surface area (Å²) in [5.41, 5.74) is 2.91. The van der Waals surface area contributed by atoms with Gasteiger partial charge in [0.25, 0.3) is 0 Å². The number of ether oxygens (including phenoxy) is 2. The summed E-state index contributed by atoms with van der Waals surface area (Å²) in [6.07, 6.45) is 1.62. The fourth-order valence-corrected chi connectivity index (χ4v) is 3.33. The molecule has 0 atom stereocenters. The number of rotatable bonds is 6. The number of aromatic amines is 1. The number of hydrogen-bond acceptors (Lipinski definition) is 5. The zero-order valence-electron chi connectivity index (χ0n) is 14.5. The van der Waals surface area contributed by atoms with Gasteiger partial charge in [-0.1, -0.05) is 0 Å². The molecule has 1 saturated heterocycles. The van der Waals surface area contributed by atoms with Crippen LogP contribution in [0.4, 0.5) is 5.82 Å². The number of nitrogens with one attached hydrogen (secondary N) is 3. The van der Waals surface area contributed by atoms with Gasteiger partial charge in [-0.05, 0) is 25.1 Å². The maximum Gasteiger partial charge on any atom is 0.154 e. The van der Waals surface area contributed by atoms with Crippen molar-refractivity contribution in [1.29, 1.82) is 0 Å². The Labute approximate surface area is 146 Å². The molecule has 3 aromatic rings. The molecule has 1 fully saturated rings. The maximum atomic E-state index is 5.61. The van der Waals surface area contributed by atoms with Crippen LogP contribution in [-0.4, -0.2) is 61.0 Å². The zero-order chi connectivity index (χ0) is 17.1. The van der Waals surface area contributed by atoms with Crippen molar-refractivity contribution in [3.05, 3.63) is 24.5 Å². The molecular formula is C18H24N5O2+. The van der Waals surface area contributed by atoms with Crippen molar-refractivity contribution in [2.75, 3.05) is 51.3 Å². The van der Waals surface area contributed by atoms with Crippen LogP contribution >= 0.6 is 0 Å². The van der Waals surface area contributed by atoms with Gasteiger partial charge in [0.2, 0.25) is 0 Å². The number of benzene rings is 1. The first-order valence-electron chi connectivity index (χ1n) is 8.89. The van der Waals surface area contributed by atoms with E-state index in [0.717, 1.165) is 72.9 Å². The quantitative estimate of drug-likeness (QED) is 0.619. The molecule has 1 aromatic carbocycles. The van der Waals surface area contributed by atoms with Crippen LogP contribution in [0.15, 0.2) is 24.5 Å². The number of morpholine rings is 1. The normalized spacial score (nSPS) is 15.7. The standard InChI is InChI=1S/C18H23N5O2/c1-2-25-13-3-4-15-14(11-13)16-17(22-15)18(21-12-20-16)19-5-6-23-7-9-24-10-8-23/h3-4,11-12,22H,2,5-10H2,1H3,(H,19,20,21)/p+1. The van der Waals surface area contributed by atoms with Gasteiger partial charge >= 0.3 is 0 Å². The minimum absolute atomic E-state index is 0.652. The molecule has 1 aliphatic heterocycles. The van der Waals surface area contributed by atoms with Crippen molar-refractivity contribution in [1.82, 2.24) is 15.0 Å². The summed E-state index contributed by atoms with van der Waals surface area (Å²) in [5, 5.41) is 4.52. The summed E-state index contributed by atoms with van der Waals surface area (Å²) in [6.45, 7) is 8.44. The van der Waals surface area contributed by atoms with E-state index in [0.29, 0.717) is 6.61 Å². The van der Waals surface area contributed by atoms with Crippen LogP contribution in [0.3, 0.4) is 0 Å². The lowest BCUT2D eigenvalue weighted by molar-refractivity contribution is -0.906. The number of hydrogen-bond donors (Lipinski definition) is 3. The lowest BCUT2D eigenvalue weighted by Crippen LogP contribution is -3.14. The largest absolute Gasteiger partial charge is 0.494 e. The van der Waals surface area contributed by atoms with Crippen molar-refractivity contribution >= 4 is 27.8 Å². The van der Waals surface area contributed by atoms with Crippen LogP contribution in [0, 0.1) is 0 Å². The van der Waals surface area contributed by atoms with Gasteiger partial charge in [-0.15, -0.1) is 0 Å². The second-order valence-electron chi connectivity index (χ2n) is 6.25. The number of H-pyrrole nitrogens is 1. The summed E-state index contributed by atoms with van der Waals surface area (Å²) in [5.74, 6) is 1.71. The van der Waals surface area contributed by atoms with Crippen LogP contribution in [-0.2, 0) is 4.74 Å².